The van der Waals surface area contributed by atoms with Crippen LogP contribution in [-0.4, -0.2) is 39.0 Å². The highest BCUT2D eigenvalue weighted by Gasteiger charge is 2.12. The van der Waals surface area contributed by atoms with E-state index in [2.05, 4.69) is 46.8 Å². The van der Waals surface area contributed by atoms with Crippen LogP contribution < -0.4 is 10.1 Å². The Morgan fingerprint density at radius 1 is 1.18 bits per heavy atom. The lowest BCUT2D eigenvalue weighted by Crippen LogP contribution is -2.14. The summed E-state index contributed by atoms with van der Waals surface area (Å²) in [5.41, 5.74) is 2.86. The molecule has 3 rings (SSSR count). The zero-order valence-electron chi connectivity index (χ0n) is 16.1. The third-order valence-corrected chi connectivity index (χ3v) is 5.39. The van der Waals surface area contributed by atoms with Crippen molar-refractivity contribution in [3.63, 3.8) is 0 Å². The number of rotatable bonds is 8. The fourth-order valence-corrected chi connectivity index (χ4v) is 3.30. The highest BCUT2D eigenvalue weighted by Crippen LogP contribution is 2.22. The van der Waals surface area contributed by atoms with Crippen molar-refractivity contribution < 1.29 is 9.53 Å². The van der Waals surface area contributed by atoms with Crippen molar-refractivity contribution in [3.8, 4) is 11.4 Å². The number of anilines is 1. The summed E-state index contributed by atoms with van der Waals surface area (Å²) in [7, 11) is 1.61. The molecule has 0 aliphatic rings. The summed E-state index contributed by atoms with van der Waals surface area (Å²) >= 11 is 1.28. The molecule has 8 heteroatoms. The lowest BCUT2D eigenvalue weighted by molar-refractivity contribution is -0.113. The number of benzene rings is 2. The minimum Gasteiger partial charge on any atom is -0.497 e. The van der Waals surface area contributed by atoms with E-state index < -0.39 is 0 Å². The molecular weight excluding hydrogens is 374 g/mol. The highest BCUT2D eigenvalue weighted by molar-refractivity contribution is 7.99. The second-order valence-corrected chi connectivity index (χ2v) is 7.28. The Morgan fingerprint density at radius 2 is 1.89 bits per heavy atom. The van der Waals surface area contributed by atoms with Gasteiger partial charge in [-0.2, -0.15) is 4.68 Å². The number of ether oxygens (including phenoxy) is 1. The van der Waals surface area contributed by atoms with E-state index in [1.165, 1.54) is 17.3 Å². The van der Waals surface area contributed by atoms with Crippen LogP contribution in [0.4, 0.5) is 5.69 Å². The first kappa shape index (κ1) is 19.9. The number of carbonyl (C=O) groups excluding carboxylic acids is 1. The number of methoxy groups -OCH3 is 1. The number of thioether (sulfide) groups is 1. The molecule has 0 aliphatic heterocycles. The Kier molecular flexibility index (Phi) is 6.65. The first-order chi connectivity index (χ1) is 13.6. The summed E-state index contributed by atoms with van der Waals surface area (Å²) in [6, 6.07) is 15.4. The van der Waals surface area contributed by atoms with Crippen LogP contribution in [0.25, 0.3) is 5.69 Å². The Hall–Kier alpha value is -2.87. The summed E-state index contributed by atoms with van der Waals surface area (Å²) < 4.78 is 6.76. The Balaban J connectivity index is 1.58. The SMILES string of the molecule is CC[C@@H](C)c1ccc(NC(=O)CSc2nnnn2-c2ccc(OC)cc2)cc1. The predicted octanol–water partition coefficient (Wildman–Crippen LogP) is 3.92. The van der Waals surface area contributed by atoms with E-state index in [0.717, 1.165) is 23.5 Å². The molecule has 0 unspecified atom stereocenters. The summed E-state index contributed by atoms with van der Waals surface area (Å²) in [5.74, 6) is 1.37. The van der Waals surface area contributed by atoms with Crippen molar-refractivity contribution in [2.45, 2.75) is 31.3 Å². The average Bonchev–Trinajstić information content (AvgIpc) is 3.21. The maximum Gasteiger partial charge on any atom is 0.234 e. The van der Waals surface area contributed by atoms with E-state index in [0.29, 0.717) is 11.1 Å². The lowest BCUT2D eigenvalue weighted by atomic mass is 9.99. The van der Waals surface area contributed by atoms with Crippen LogP contribution in [0.15, 0.2) is 53.7 Å². The van der Waals surface area contributed by atoms with E-state index in [1.54, 1.807) is 11.8 Å². The average molecular weight is 398 g/mol. The van der Waals surface area contributed by atoms with Crippen LogP contribution in [0.1, 0.15) is 31.7 Å². The van der Waals surface area contributed by atoms with Gasteiger partial charge in [0.2, 0.25) is 11.1 Å². The molecule has 3 aromatic rings. The van der Waals surface area contributed by atoms with Gasteiger partial charge in [0.15, 0.2) is 0 Å². The molecule has 1 atom stereocenters. The Morgan fingerprint density at radius 3 is 2.54 bits per heavy atom. The number of hydrogen-bond acceptors (Lipinski definition) is 6. The second-order valence-electron chi connectivity index (χ2n) is 6.34. The van der Waals surface area contributed by atoms with Crippen molar-refractivity contribution in [2.75, 3.05) is 18.2 Å². The quantitative estimate of drug-likeness (QED) is 0.580. The minimum atomic E-state index is -0.106. The zero-order chi connectivity index (χ0) is 19.9. The van der Waals surface area contributed by atoms with Crippen LogP contribution in [0.2, 0.25) is 0 Å². The van der Waals surface area contributed by atoms with Crippen LogP contribution in [0.5, 0.6) is 5.75 Å². The van der Waals surface area contributed by atoms with Crippen molar-refractivity contribution in [1.82, 2.24) is 20.2 Å². The molecule has 1 N–H and O–H groups in total. The minimum absolute atomic E-state index is 0.106. The largest absolute Gasteiger partial charge is 0.497 e. The number of aromatic nitrogens is 4. The van der Waals surface area contributed by atoms with Crippen molar-refractivity contribution in [1.29, 1.82) is 0 Å². The number of tetrazole rings is 1. The topological polar surface area (TPSA) is 81.9 Å². The molecular formula is C20H23N5O2S. The first-order valence-corrected chi connectivity index (χ1v) is 10.0. The molecule has 0 radical (unpaired) electrons. The highest BCUT2D eigenvalue weighted by atomic mass is 32.2. The predicted molar refractivity (Wildman–Crippen MR) is 110 cm³/mol. The lowest BCUT2D eigenvalue weighted by Gasteiger charge is -2.10. The number of carbonyl (C=O) groups is 1. The van der Waals surface area contributed by atoms with Crippen molar-refractivity contribution >= 4 is 23.4 Å². The molecule has 0 saturated carbocycles. The van der Waals surface area contributed by atoms with Gasteiger partial charge in [-0.05, 0) is 64.7 Å². The molecule has 1 amide bonds. The summed E-state index contributed by atoms with van der Waals surface area (Å²) in [5, 5.41) is 15.2. The third kappa shape index (κ3) is 4.89. The maximum absolute atomic E-state index is 12.3. The molecule has 1 heterocycles. The molecule has 0 aliphatic carbocycles. The van der Waals surface area contributed by atoms with Crippen LogP contribution >= 0.6 is 11.8 Å². The first-order valence-electron chi connectivity index (χ1n) is 9.06. The monoisotopic (exact) mass is 397 g/mol. The Labute approximate surface area is 168 Å². The van der Waals surface area contributed by atoms with E-state index in [-0.39, 0.29) is 11.7 Å². The smallest absolute Gasteiger partial charge is 0.234 e. The summed E-state index contributed by atoms with van der Waals surface area (Å²) in [6.07, 6.45) is 1.09. The van der Waals surface area contributed by atoms with Crippen LogP contribution in [0.3, 0.4) is 0 Å². The molecule has 0 spiro atoms. The fraction of sp³-hybridized carbons (Fsp3) is 0.300. The van der Waals surface area contributed by atoms with E-state index in [4.69, 9.17) is 4.74 Å². The molecule has 0 bridgehead atoms. The van der Waals surface area contributed by atoms with Gasteiger partial charge < -0.3 is 10.1 Å². The number of hydrogen-bond donors (Lipinski definition) is 1. The summed E-state index contributed by atoms with van der Waals surface area (Å²) in [4.78, 5) is 12.3. The molecule has 2 aromatic carbocycles. The summed E-state index contributed by atoms with van der Waals surface area (Å²) in [6.45, 7) is 4.36. The van der Waals surface area contributed by atoms with Crippen molar-refractivity contribution in [2.24, 2.45) is 0 Å². The van der Waals surface area contributed by atoms with E-state index >= 15 is 0 Å². The van der Waals surface area contributed by atoms with Crippen LogP contribution in [0, 0.1) is 0 Å². The normalized spacial score (nSPS) is 11.8. The second kappa shape index (κ2) is 9.36. The Bertz CT molecular complexity index is 909. The number of amides is 1. The maximum atomic E-state index is 12.3. The van der Waals surface area contributed by atoms with Crippen molar-refractivity contribution in [3.05, 3.63) is 54.1 Å². The third-order valence-electron chi connectivity index (χ3n) is 4.47. The number of nitrogens with zero attached hydrogens (tertiary/aromatic N) is 4. The van der Waals surface area contributed by atoms with E-state index in [1.807, 2.05) is 36.4 Å². The van der Waals surface area contributed by atoms with Gasteiger partial charge in [-0.3, -0.25) is 4.79 Å². The van der Waals surface area contributed by atoms with Gasteiger partial charge in [0.1, 0.15) is 5.75 Å². The fourth-order valence-electron chi connectivity index (χ4n) is 2.61. The van der Waals surface area contributed by atoms with Gasteiger partial charge in [-0.1, -0.05) is 37.7 Å². The molecule has 28 heavy (non-hydrogen) atoms. The molecule has 0 fully saturated rings. The van der Waals surface area contributed by atoms with Gasteiger partial charge in [0, 0.05) is 5.69 Å². The van der Waals surface area contributed by atoms with Gasteiger partial charge in [0.25, 0.3) is 0 Å². The van der Waals surface area contributed by atoms with Gasteiger partial charge in [-0.15, -0.1) is 5.10 Å². The molecule has 146 valence electrons. The molecule has 1 aromatic heterocycles. The number of nitrogens with one attached hydrogen (secondary N) is 1. The van der Waals surface area contributed by atoms with E-state index in [9.17, 15) is 4.79 Å². The van der Waals surface area contributed by atoms with Crippen LogP contribution in [-0.2, 0) is 4.79 Å². The molecule has 7 nitrogen and oxygen atoms in total. The van der Waals surface area contributed by atoms with Gasteiger partial charge in [0.05, 0.1) is 18.6 Å². The molecule has 0 saturated heterocycles. The van der Waals surface area contributed by atoms with Gasteiger partial charge in [-0.25, -0.2) is 0 Å². The standard InChI is InChI=1S/C20H23N5O2S/c1-4-14(2)15-5-7-16(8-6-15)21-19(26)13-28-20-22-23-24-25(20)17-9-11-18(27-3)12-10-17/h5-12,14H,4,13H2,1-3H3,(H,21,26)/t14-/m1/s1. The zero-order valence-corrected chi connectivity index (χ0v) is 16.9. The van der Waals surface area contributed by atoms with Gasteiger partial charge >= 0.3 is 0 Å².